The zero-order chi connectivity index (χ0) is 15.0. The summed E-state index contributed by atoms with van der Waals surface area (Å²) < 4.78 is 38.3. The number of halogens is 3. The van der Waals surface area contributed by atoms with Crippen LogP contribution in [0.5, 0.6) is 0 Å². The van der Waals surface area contributed by atoms with Gasteiger partial charge in [-0.25, -0.2) is 9.97 Å². The van der Waals surface area contributed by atoms with Crippen molar-refractivity contribution in [1.82, 2.24) is 15.0 Å². The van der Waals surface area contributed by atoms with Gasteiger partial charge < -0.3 is 5.73 Å². The summed E-state index contributed by atoms with van der Waals surface area (Å²) in [6, 6.07) is 9.87. The molecule has 0 amide bonds. The zero-order valence-electron chi connectivity index (χ0n) is 10.6. The summed E-state index contributed by atoms with van der Waals surface area (Å²) in [5, 5.41) is 0.806. The molecule has 3 rings (SSSR count). The van der Waals surface area contributed by atoms with E-state index >= 15 is 0 Å². The van der Waals surface area contributed by atoms with Gasteiger partial charge in [-0.2, -0.15) is 13.2 Å². The van der Waals surface area contributed by atoms with Crippen molar-refractivity contribution >= 4 is 16.9 Å². The van der Waals surface area contributed by atoms with E-state index in [1.165, 1.54) is 6.20 Å². The van der Waals surface area contributed by atoms with Gasteiger partial charge in [0.1, 0.15) is 0 Å². The van der Waals surface area contributed by atoms with Gasteiger partial charge in [0.15, 0.2) is 5.69 Å². The number of hydrogen-bond acceptors (Lipinski definition) is 4. The van der Waals surface area contributed by atoms with Crippen molar-refractivity contribution in [2.75, 3.05) is 5.73 Å². The minimum Gasteiger partial charge on any atom is -0.368 e. The second-order valence-corrected chi connectivity index (χ2v) is 4.41. The first-order chi connectivity index (χ1) is 9.93. The summed E-state index contributed by atoms with van der Waals surface area (Å²) in [6.45, 7) is 0. The van der Waals surface area contributed by atoms with Gasteiger partial charge in [0.25, 0.3) is 0 Å². The lowest BCUT2D eigenvalue weighted by molar-refractivity contribution is -0.141. The number of pyridine rings is 1. The maximum absolute atomic E-state index is 12.8. The van der Waals surface area contributed by atoms with Gasteiger partial charge in [-0.3, -0.25) is 4.98 Å². The molecule has 0 aliphatic rings. The molecule has 0 spiro atoms. The molecule has 0 fully saturated rings. The van der Waals surface area contributed by atoms with Crippen LogP contribution in [-0.4, -0.2) is 15.0 Å². The molecule has 0 saturated heterocycles. The average molecular weight is 290 g/mol. The van der Waals surface area contributed by atoms with E-state index in [1.54, 1.807) is 6.07 Å². The fourth-order valence-electron chi connectivity index (χ4n) is 1.97. The third kappa shape index (κ3) is 2.62. The first-order valence-corrected chi connectivity index (χ1v) is 6.00. The number of nitrogens with zero attached hydrogens (tertiary/aromatic N) is 3. The molecule has 7 heteroatoms. The smallest absolute Gasteiger partial charge is 0.368 e. The number of alkyl halides is 3. The first kappa shape index (κ1) is 13.3. The molecule has 3 aromatic rings. The molecule has 21 heavy (non-hydrogen) atoms. The van der Waals surface area contributed by atoms with Gasteiger partial charge in [-0.05, 0) is 18.2 Å². The molecule has 0 radical (unpaired) electrons. The molecule has 0 atom stereocenters. The van der Waals surface area contributed by atoms with Crippen LogP contribution in [-0.2, 0) is 6.18 Å². The topological polar surface area (TPSA) is 64.7 Å². The molecule has 0 bridgehead atoms. The molecule has 4 nitrogen and oxygen atoms in total. The Labute approximate surface area is 117 Å². The Kier molecular flexibility index (Phi) is 2.97. The van der Waals surface area contributed by atoms with Crippen LogP contribution in [0, 0.1) is 0 Å². The summed E-state index contributed by atoms with van der Waals surface area (Å²) in [4.78, 5) is 11.3. The van der Waals surface area contributed by atoms with Crippen LogP contribution in [0.25, 0.3) is 22.2 Å². The molecule has 106 valence electrons. The lowest BCUT2D eigenvalue weighted by Gasteiger charge is -2.09. The SMILES string of the molecule is Nc1nc(-c2cnc3ccccc3c2)cc(C(F)(F)F)n1. The third-order valence-electron chi connectivity index (χ3n) is 2.92. The average Bonchev–Trinajstić information content (AvgIpc) is 2.45. The maximum atomic E-state index is 12.8. The van der Waals surface area contributed by atoms with Gasteiger partial charge in [-0.15, -0.1) is 0 Å². The van der Waals surface area contributed by atoms with Gasteiger partial charge >= 0.3 is 6.18 Å². The minimum absolute atomic E-state index is 0.0908. The van der Waals surface area contributed by atoms with E-state index in [1.807, 2.05) is 24.3 Å². The number of nitrogen functional groups attached to an aromatic ring is 1. The van der Waals surface area contributed by atoms with E-state index in [-0.39, 0.29) is 5.69 Å². The highest BCUT2D eigenvalue weighted by Gasteiger charge is 2.33. The van der Waals surface area contributed by atoms with Gasteiger partial charge in [0, 0.05) is 17.1 Å². The molecule has 2 aromatic heterocycles. The van der Waals surface area contributed by atoms with Crippen LogP contribution in [0.2, 0.25) is 0 Å². The fraction of sp³-hybridized carbons (Fsp3) is 0.0714. The van der Waals surface area contributed by atoms with E-state index in [4.69, 9.17) is 5.73 Å². The second kappa shape index (κ2) is 4.69. The second-order valence-electron chi connectivity index (χ2n) is 4.41. The van der Waals surface area contributed by atoms with Crippen LogP contribution in [0.1, 0.15) is 5.69 Å². The van der Waals surface area contributed by atoms with Crippen molar-refractivity contribution in [3.05, 3.63) is 48.3 Å². The Morgan fingerprint density at radius 3 is 2.52 bits per heavy atom. The number of aromatic nitrogens is 3. The molecule has 0 unspecified atom stereocenters. The van der Waals surface area contributed by atoms with Crippen molar-refractivity contribution in [3.8, 4) is 11.3 Å². The Morgan fingerprint density at radius 2 is 1.76 bits per heavy atom. The lowest BCUT2D eigenvalue weighted by Crippen LogP contribution is -2.11. The summed E-state index contributed by atoms with van der Waals surface area (Å²) in [7, 11) is 0. The maximum Gasteiger partial charge on any atom is 0.433 e. The van der Waals surface area contributed by atoms with Crippen LogP contribution in [0.3, 0.4) is 0 Å². The van der Waals surface area contributed by atoms with E-state index in [0.29, 0.717) is 5.56 Å². The van der Waals surface area contributed by atoms with Gasteiger partial charge in [0.2, 0.25) is 5.95 Å². The van der Waals surface area contributed by atoms with E-state index in [2.05, 4.69) is 15.0 Å². The van der Waals surface area contributed by atoms with Crippen LogP contribution < -0.4 is 5.73 Å². The summed E-state index contributed by atoms with van der Waals surface area (Å²) in [6.07, 6.45) is -3.11. The largest absolute Gasteiger partial charge is 0.433 e. The third-order valence-corrected chi connectivity index (χ3v) is 2.92. The number of para-hydroxylation sites is 1. The summed E-state index contributed by atoms with van der Waals surface area (Å²) in [5.74, 6) is -0.423. The molecule has 2 N–H and O–H groups in total. The van der Waals surface area contributed by atoms with E-state index < -0.39 is 17.8 Å². The number of rotatable bonds is 1. The summed E-state index contributed by atoms with van der Waals surface area (Å²) >= 11 is 0. The van der Waals surface area contributed by atoms with Crippen molar-refractivity contribution in [2.45, 2.75) is 6.18 Å². The Bertz CT molecular complexity index is 815. The predicted molar refractivity (Wildman–Crippen MR) is 72.2 cm³/mol. The number of nitrogens with two attached hydrogens (primary N) is 1. The molecular formula is C14H9F3N4. The Hall–Kier alpha value is -2.70. The minimum atomic E-state index is -4.57. The highest BCUT2D eigenvalue weighted by molar-refractivity contribution is 5.82. The standard InChI is InChI=1S/C14H9F3N4/c15-14(16,17)12-6-11(20-13(18)21-12)9-5-8-3-1-2-4-10(8)19-7-9/h1-7H,(H2,18,20,21). The normalized spacial score (nSPS) is 11.8. The zero-order valence-corrected chi connectivity index (χ0v) is 10.6. The summed E-state index contributed by atoms with van der Waals surface area (Å²) in [5.41, 5.74) is 5.58. The number of benzene rings is 1. The first-order valence-electron chi connectivity index (χ1n) is 6.00. The molecule has 0 saturated carbocycles. The quantitative estimate of drug-likeness (QED) is 0.747. The van der Waals surface area contributed by atoms with Gasteiger partial charge in [0.05, 0.1) is 11.2 Å². The van der Waals surface area contributed by atoms with Crippen LogP contribution in [0.4, 0.5) is 19.1 Å². The van der Waals surface area contributed by atoms with Crippen molar-refractivity contribution < 1.29 is 13.2 Å². The van der Waals surface area contributed by atoms with Gasteiger partial charge in [-0.1, -0.05) is 18.2 Å². The van der Waals surface area contributed by atoms with Crippen molar-refractivity contribution in [1.29, 1.82) is 0 Å². The molecule has 0 aliphatic carbocycles. The van der Waals surface area contributed by atoms with Crippen LogP contribution in [0.15, 0.2) is 42.6 Å². The molecule has 0 aliphatic heterocycles. The number of anilines is 1. The highest BCUT2D eigenvalue weighted by atomic mass is 19.4. The monoisotopic (exact) mass is 290 g/mol. The fourth-order valence-corrected chi connectivity index (χ4v) is 1.97. The predicted octanol–water partition coefficient (Wildman–Crippen LogP) is 3.29. The van der Waals surface area contributed by atoms with Crippen molar-refractivity contribution in [3.63, 3.8) is 0 Å². The molecule has 2 heterocycles. The van der Waals surface area contributed by atoms with Crippen LogP contribution >= 0.6 is 0 Å². The Balaban J connectivity index is 2.16. The number of fused-ring (bicyclic) bond motifs is 1. The van der Waals surface area contributed by atoms with E-state index in [0.717, 1.165) is 17.0 Å². The highest BCUT2D eigenvalue weighted by Crippen LogP contribution is 2.31. The molecule has 1 aromatic carbocycles. The Morgan fingerprint density at radius 1 is 1.00 bits per heavy atom. The number of hydrogen-bond donors (Lipinski definition) is 1. The lowest BCUT2D eigenvalue weighted by atomic mass is 10.1. The molecular weight excluding hydrogens is 281 g/mol. The van der Waals surface area contributed by atoms with E-state index in [9.17, 15) is 13.2 Å². The van der Waals surface area contributed by atoms with Crippen molar-refractivity contribution in [2.24, 2.45) is 0 Å².